The lowest BCUT2D eigenvalue weighted by molar-refractivity contribution is -0.0261. The molecule has 3 aliphatic carbocycles. The highest BCUT2D eigenvalue weighted by atomic mass is 14.7. The predicted molar refractivity (Wildman–Crippen MR) is 146 cm³/mol. The van der Waals surface area contributed by atoms with Crippen LogP contribution >= 0.6 is 0 Å². The number of hydrogen-bond acceptors (Lipinski definition) is 0. The zero-order valence-electron chi connectivity index (χ0n) is 23.1. The number of fused-ring (bicyclic) bond motifs is 3. The maximum Gasteiger partial charge on any atom is 0.0196 e. The van der Waals surface area contributed by atoms with Gasteiger partial charge in [0.1, 0.15) is 0 Å². The zero-order chi connectivity index (χ0) is 25.0. The average Bonchev–Trinajstić information content (AvgIpc) is 2.71. The summed E-state index contributed by atoms with van der Waals surface area (Å²) in [5, 5.41) is 0. The Balaban J connectivity index is 2.14. The molecule has 0 unspecified atom stereocenters. The van der Waals surface area contributed by atoms with Crippen molar-refractivity contribution in [3.63, 3.8) is 0 Å². The van der Waals surface area contributed by atoms with Gasteiger partial charge in [-0.05, 0) is 115 Å². The molecule has 3 aliphatic rings. The Hall–Kier alpha value is -2.08. The minimum Gasteiger partial charge on any atom is -0.0955 e. The molecule has 0 aromatic heterocycles. The van der Waals surface area contributed by atoms with Gasteiger partial charge in [0.15, 0.2) is 0 Å². The molecule has 0 bridgehead atoms. The highest BCUT2D eigenvalue weighted by Gasteiger charge is 2.65. The van der Waals surface area contributed by atoms with Gasteiger partial charge in [-0.3, -0.25) is 0 Å². The van der Waals surface area contributed by atoms with Gasteiger partial charge < -0.3 is 0 Å². The van der Waals surface area contributed by atoms with E-state index in [1.165, 1.54) is 61.3 Å². The smallest absolute Gasteiger partial charge is 0.0196 e. The van der Waals surface area contributed by atoms with E-state index in [0.717, 1.165) is 12.0 Å². The van der Waals surface area contributed by atoms with Gasteiger partial charge >= 0.3 is 0 Å². The highest BCUT2D eigenvalue weighted by molar-refractivity contribution is 5.88. The first-order valence-corrected chi connectivity index (χ1v) is 12.7. The first kappa shape index (κ1) is 24.1. The van der Waals surface area contributed by atoms with Gasteiger partial charge in [0.05, 0.1) is 0 Å². The molecule has 176 valence electrons. The summed E-state index contributed by atoms with van der Waals surface area (Å²) in [6, 6.07) is 2.39. The number of hydrogen-bond donors (Lipinski definition) is 0. The van der Waals surface area contributed by atoms with Crippen molar-refractivity contribution in [1.82, 2.24) is 0 Å². The number of allylic oxidation sites excluding steroid dienone is 7. The minimum atomic E-state index is -0.123. The Morgan fingerprint density at radius 1 is 0.970 bits per heavy atom. The summed E-state index contributed by atoms with van der Waals surface area (Å²) < 4.78 is 0. The van der Waals surface area contributed by atoms with E-state index in [1.54, 1.807) is 0 Å². The molecular formula is C33H44. The van der Waals surface area contributed by atoms with Crippen molar-refractivity contribution in [2.45, 2.75) is 88.5 Å². The third-order valence-corrected chi connectivity index (χ3v) is 11.1. The fourth-order valence-electron chi connectivity index (χ4n) is 8.69. The van der Waals surface area contributed by atoms with E-state index in [-0.39, 0.29) is 16.2 Å². The normalized spacial score (nSPS) is 36.0. The maximum atomic E-state index is 4.82. The van der Waals surface area contributed by atoms with Crippen molar-refractivity contribution in [2.75, 3.05) is 0 Å². The molecular weight excluding hydrogens is 396 g/mol. The molecule has 4 rings (SSSR count). The van der Waals surface area contributed by atoms with Gasteiger partial charge in [-0.15, -0.1) is 0 Å². The second-order valence-corrected chi connectivity index (χ2v) is 12.3. The second kappa shape index (κ2) is 6.97. The Kier molecular flexibility index (Phi) is 5.08. The first-order chi connectivity index (χ1) is 15.1. The minimum absolute atomic E-state index is 0.0240. The van der Waals surface area contributed by atoms with E-state index in [0.29, 0.717) is 11.8 Å². The molecule has 1 aromatic rings. The molecule has 5 atom stereocenters. The summed E-state index contributed by atoms with van der Waals surface area (Å²) in [7, 11) is 0. The van der Waals surface area contributed by atoms with Crippen molar-refractivity contribution >= 4 is 5.57 Å². The van der Waals surface area contributed by atoms with E-state index < -0.39 is 0 Å². The molecule has 0 fully saturated rings. The molecule has 0 nitrogen and oxygen atoms in total. The topological polar surface area (TPSA) is 0 Å². The van der Waals surface area contributed by atoms with E-state index in [4.69, 9.17) is 13.2 Å². The lowest BCUT2D eigenvalue weighted by atomic mass is 9.36. The van der Waals surface area contributed by atoms with Crippen LogP contribution in [-0.2, 0) is 0 Å². The fourth-order valence-corrected chi connectivity index (χ4v) is 8.69. The van der Waals surface area contributed by atoms with Crippen LogP contribution in [0, 0.1) is 42.9 Å². The molecule has 0 saturated heterocycles. The number of benzene rings is 1. The van der Waals surface area contributed by atoms with Gasteiger partial charge in [-0.1, -0.05) is 77.1 Å². The quantitative estimate of drug-likeness (QED) is 0.408. The molecule has 1 aromatic carbocycles. The second-order valence-electron chi connectivity index (χ2n) is 12.3. The van der Waals surface area contributed by atoms with E-state index in [1.807, 2.05) is 0 Å². The third-order valence-electron chi connectivity index (χ3n) is 11.1. The highest BCUT2D eigenvalue weighted by Crippen LogP contribution is 2.74. The lowest BCUT2D eigenvalue weighted by Crippen LogP contribution is -2.58. The molecule has 0 saturated carbocycles. The summed E-state index contributed by atoms with van der Waals surface area (Å²) in [5.74, 6) is 0.895. The first-order valence-electron chi connectivity index (χ1n) is 12.7. The summed E-state index contributed by atoms with van der Waals surface area (Å²) in [5.41, 5.74) is 16.4. The molecule has 0 heterocycles. The molecule has 0 aliphatic heterocycles. The molecule has 0 spiro atoms. The monoisotopic (exact) mass is 440 g/mol. The van der Waals surface area contributed by atoms with Crippen LogP contribution < -0.4 is 0 Å². The lowest BCUT2D eigenvalue weighted by Gasteiger charge is -2.67. The summed E-state index contributed by atoms with van der Waals surface area (Å²) in [6.07, 6.45) is 1.09. The van der Waals surface area contributed by atoms with E-state index in [2.05, 4.69) is 88.8 Å². The predicted octanol–water partition coefficient (Wildman–Crippen LogP) is 9.58. The molecule has 0 amide bonds. The Bertz CT molecular complexity index is 1210. The van der Waals surface area contributed by atoms with Crippen molar-refractivity contribution in [3.8, 4) is 0 Å². The van der Waals surface area contributed by atoms with Gasteiger partial charge in [-0.25, -0.2) is 0 Å². The molecule has 0 radical (unpaired) electrons. The average molecular weight is 441 g/mol. The summed E-state index contributed by atoms with van der Waals surface area (Å²) in [6.45, 7) is 40.1. The number of rotatable bonds is 1. The maximum absolute atomic E-state index is 4.82. The van der Waals surface area contributed by atoms with Crippen LogP contribution in [0.25, 0.3) is 5.57 Å². The van der Waals surface area contributed by atoms with Gasteiger partial charge in [0.25, 0.3) is 0 Å². The summed E-state index contributed by atoms with van der Waals surface area (Å²) >= 11 is 0. The zero-order valence-corrected chi connectivity index (χ0v) is 23.1. The van der Waals surface area contributed by atoms with E-state index in [9.17, 15) is 0 Å². The number of aryl methyl sites for hydroxylation is 2. The fraction of sp³-hybridized carbons (Fsp3) is 0.515. The Labute approximate surface area is 203 Å². The summed E-state index contributed by atoms with van der Waals surface area (Å²) in [4.78, 5) is 0. The molecule has 33 heavy (non-hydrogen) atoms. The van der Waals surface area contributed by atoms with Crippen LogP contribution in [-0.4, -0.2) is 0 Å². The Morgan fingerprint density at radius 2 is 1.55 bits per heavy atom. The van der Waals surface area contributed by atoms with E-state index >= 15 is 0 Å². The largest absolute Gasteiger partial charge is 0.0955 e. The third kappa shape index (κ3) is 2.53. The van der Waals surface area contributed by atoms with Gasteiger partial charge in [0.2, 0.25) is 0 Å². The van der Waals surface area contributed by atoms with Gasteiger partial charge in [-0.2, -0.15) is 0 Å². The van der Waals surface area contributed by atoms with Crippen molar-refractivity contribution in [3.05, 3.63) is 87.1 Å². The van der Waals surface area contributed by atoms with Crippen molar-refractivity contribution in [2.24, 2.45) is 22.2 Å². The van der Waals surface area contributed by atoms with Crippen LogP contribution in [0.1, 0.15) is 95.5 Å². The van der Waals surface area contributed by atoms with Crippen LogP contribution in [0.2, 0.25) is 0 Å². The van der Waals surface area contributed by atoms with Gasteiger partial charge in [0, 0.05) is 10.8 Å². The van der Waals surface area contributed by atoms with Crippen LogP contribution in [0.5, 0.6) is 0 Å². The van der Waals surface area contributed by atoms with Crippen molar-refractivity contribution < 1.29 is 0 Å². The Morgan fingerprint density at radius 3 is 2.09 bits per heavy atom. The molecule has 0 heteroatoms. The molecule has 0 N–H and O–H groups in total. The SMILES string of the molecule is C=C(C)C1=C(C)C[C@@]2(C)[C@H](C)[C@]3(C)C(=C(C)[C@@]2(C)C1=C)C(=C)c1c(C)c(C)cc(C)c1[C@H]3C. The van der Waals surface area contributed by atoms with Crippen LogP contribution in [0.3, 0.4) is 0 Å². The standard InChI is InChI=1S/C33H44/c1-17(2)27-20(5)16-31(12)26(11)32(13)23(8)28-19(4)15-18(3)21(6)29(28)22(7)30(32)25(10)33(31,14)24(27)9/h15,23,26H,1,7,9,16H2,2-6,8,10-14H3/t23-,26+,31+,32-,33-/m1/s1. The van der Waals surface area contributed by atoms with Crippen LogP contribution in [0.15, 0.2) is 59.2 Å². The van der Waals surface area contributed by atoms with Crippen LogP contribution in [0.4, 0.5) is 0 Å². The van der Waals surface area contributed by atoms with Crippen molar-refractivity contribution in [1.29, 1.82) is 0 Å².